The van der Waals surface area contributed by atoms with E-state index in [2.05, 4.69) is 14.9 Å². The number of nitrogens with zero attached hydrogens (tertiary/aromatic N) is 4. The highest BCUT2D eigenvalue weighted by Crippen LogP contribution is 2.26. The molecule has 1 aromatic heterocycles. The molecule has 19 heavy (non-hydrogen) atoms. The molecule has 0 spiro atoms. The number of aliphatic hydroxyl groups is 1. The normalized spacial score (nSPS) is 24.0. The lowest BCUT2D eigenvalue weighted by atomic mass is 9.92. The van der Waals surface area contributed by atoms with Crippen LogP contribution in [0.3, 0.4) is 0 Å². The molecule has 0 radical (unpaired) electrons. The smallest absolute Gasteiger partial charge is 0.150 e. The number of hydrogen-bond acceptors (Lipinski definition) is 5. The monoisotopic (exact) mass is 264 g/mol. The van der Waals surface area contributed by atoms with Crippen LogP contribution in [0.15, 0.2) is 6.20 Å². The first-order valence-corrected chi connectivity index (χ1v) is 6.82. The standard InChI is InChI=1S/C14H24N4O/c1-11-8-15-12(2)13(16-11)18-7-5-6-14(19,10-18)9-17(3)4/h8,19H,5-7,9-10H2,1-4H3/t14-/m1/s1. The van der Waals surface area contributed by atoms with Crippen molar-refractivity contribution in [1.82, 2.24) is 14.9 Å². The van der Waals surface area contributed by atoms with E-state index in [0.29, 0.717) is 13.1 Å². The molecule has 0 aromatic carbocycles. The summed E-state index contributed by atoms with van der Waals surface area (Å²) >= 11 is 0. The van der Waals surface area contributed by atoms with Crippen molar-refractivity contribution in [2.45, 2.75) is 32.3 Å². The van der Waals surface area contributed by atoms with Gasteiger partial charge in [0, 0.05) is 25.8 Å². The second-order valence-electron chi connectivity index (χ2n) is 5.91. The molecule has 106 valence electrons. The Balaban J connectivity index is 2.19. The van der Waals surface area contributed by atoms with E-state index in [9.17, 15) is 5.11 Å². The highest BCUT2D eigenvalue weighted by molar-refractivity contribution is 5.44. The summed E-state index contributed by atoms with van der Waals surface area (Å²) in [5.41, 5.74) is 1.20. The van der Waals surface area contributed by atoms with Gasteiger partial charge in [-0.25, -0.2) is 4.98 Å². The summed E-state index contributed by atoms with van der Waals surface area (Å²) < 4.78 is 0. The largest absolute Gasteiger partial charge is 0.387 e. The number of likely N-dealkylation sites (N-methyl/N-ethyl adjacent to an activating group) is 1. The van der Waals surface area contributed by atoms with Crippen molar-refractivity contribution in [3.8, 4) is 0 Å². The van der Waals surface area contributed by atoms with Crippen LogP contribution in [0.1, 0.15) is 24.2 Å². The van der Waals surface area contributed by atoms with Crippen molar-refractivity contribution < 1.29 is 5.11 Å². The molecular weight excluding hydrogens is 240 g/mol. The van der Waals surface area contributed by atoms with Crippen LogP contribution in [0.4, 0.5) is 5.82 Å². The van der Waals surface area contributed by atoms with Gasteiger partial charge in [-0.1, -0.05) is 0 Å². The maximum atomic E-state index is 10.7. The number of aryl methyl sites for hydroxylation is 2. The third-order valence-electron chi connectivity index (χ3n) is 3.52. The summed E-state index contributed by atoms with van der Waals surface area (Å²) in [6.45, 7) is 6.17. The van der Waals surface area contributed by atoms with Gasteiger partial charge in [0.05, 0.1) is 17.0 Å². The molecular formula is C14H24N4O. The minimum absolute atomic E-state index is 0.629. The molecule has 2 heterocycles. The predicted octanol–water partition coefficient (Wildman–Crippen LogP) is 0.986. The topological polar surface area (TPSA) is 52.5 Å². The minimum atomic E-state index is -0.653. The highest BCUT2D eigenvalue weighted by Gasteiger charge is 2.34. The molecule has 0 saturated carbocycles. The van der Waals surface area contributed by atoms with Crippen LogP contribution in [0.2, 0.25) is 0 Å². The lowest BCUT2D eigenvalue weighted by Crippen LogP contribution is -2.53. The fraction of sp³-hybridized carbons (Fsp3) is 0.714. The Hall–Kier alpha value is -1.20. The van der Waals surface area contributed by atoms with E-state index in [-0.39, 0.29) is 0 Å². The first-order valence-electron chi connectivity index (χ1n) is 6.82. The second-order valence-corrected chi connectivity index (χ2v) is 5.91. The summed E-state index contributed by atoms with van der Waals surface area (Å²) in [5.74, 6) is 0.914. The van der Waals surface area contributed by atoms with Crippen LogP contribution in [-0.2, 0) is 0 Å². The maximum Gasteiger partial charge on any atom is 0.150 e. The Labute approximate surface area is 115 Å². The molecule has 0 unspecified atom stereocenters. The SMILES string of the molecule is Cc1cnc(C)c(N2CCC[C@@](O)(CN(C)C)C2)n1. The van der Waals surface area contributed by atoms with Gasteiger partial charge < -0.3 is 14.9 Å². The zero-order valence-electron chi connectivity index (χ0n) is 12.3. The molecule has 1 atom stereocenters. The average Bonchev–Trinajstić information content (AvgIpc) is 2.30. The number of β-amino-alcohol motifs (C(OH)–C–C–N with tert-alkyl or cyclic N) is 1. The van der Waals surface area contributed by atoms with Crippen LogP contribution in [-0.4, -0.2) is 59.3 Å². The molecule has 1 N–H and O–H groups in total. The van der Waals surface area contributed by atoms with E-state index >= 15 is 0 Å². The zero-order chi connectivity index (χ0) is 14.0. The second kappa shape index (κ2) is 5.43. The number of piperidine rings is 1. The van der Waals surface area contributed by atoms with E-state index in [1.807, 2.05) is 32.8 Å². The number of rotatable bonds is 3. The molecule has 5 heteroatoms. The molecule has 0 amide bonds. The molecule has 1 aromatic rings. The average molecular weight is 264 g/mol. The highest BCUT2D eigenvalue weighted by atomic mass is 16.3. The predicted molar refractivity (Wildman–Crippen MR) is 76.5 cm³/mol. The quantitative estimate of drug-likeness (QED) is 0.882. The third-order valence-corrected chi connectivity index (χ3v) is 3.52. The lowest BCUT2D eigenvalue weighted by molar-refractivity contribution is 0.00348. The van der Waals surface area contributed by atoms with Gasteiger partial charge in [0.2, 0.25) is 0 Å². The third kappa shape index (κ3) is 3.42. The van der Waals surface area contributed by atoms with E-state index < -0.39 is 5.60 Å². The van der Waals surface area contributed by atoms with E-state index in [1.54, 1.807) is 6.20 Å². The summed E-state index contributed by atoms with van der Waals surface area (Å²) in [4.78, 5) is 13.2. The Kier molecular flexibility index (Phi) is 4.06. The number of anilines is 1. The van der Waals surface area contributed by atoms with Crippen molar-refractivity contribution in [2.24, 2.45) is 0 Å². The summed E-state index contributed by atoms with van der Waals surface area (Å²) in [6, 6.07) is 0. The van der Waals surface area contributed by atoms with Crippen molar-refractivity contribution in [3.63, 3.8) is 0 Å². The number of aromatic nitrogens is 2. The Morgan fingerprint density at radius 1 is 1.42 bits per heavy atom. The molecule has 1 fully saturated rings. The van der Waals surface area contributed by atoms with Crippen molar-refractivity contribution in [2.75, 3.05) is 38.6 Å². The van der Waals surface area contributed by atoms with Crippen LogP contribution >= 0.6 is 0 Å². The van der Waals surface area contributed by atoms with Crippen LogP contribution in [0, 0.1) is 13.8 Å². The summed E-state index contributed by atoms with van der Waals surface area (Å²) in [7, 11) is 3.99. The van der Waals surface area contributed by atoms with E-state index in [0.717, 1.165) is 36.6 Å². The van der Waals surface area contributed by atoms with Gasteiger partial charge in [0.1, 0.15) is 5.82 Å². The molecule has 0 aliphatic carbocycles. The van der Waals surface area contributed by atoms with Gasteiger partial charge in [-0.05, 0) is 40.8 Å². The van der Waals surface area contributed by atoms with Gasteiger partial charge in [0.25, 0.3) is 0 Å². The Morgan fingerprint density at radius 2 is 2.16 bits per heavy atom. The molecule has 1 saturated heterocycles. The van der Waals surface area contributed by atoms with E-state index in [1.165, 1.54) is 0 Å². The molecule has 2 rings (SSSR count). The number of hydrogen-bond donors (Lipinski definition) is 1. The van der Waals surface area contributed by atoms with Gasteiger partial charge >= 0.3 is 0 Å². The van der Waals surface area contributed by atoms with Gasteiger partial charge in [0.15, 0.2) is 0 Å². The molecule has 1 aliphatic rings. The fourth-order valence-electron chi connectivity index (χ4n) is 2.84. The van der Waals surface area contributed by atoms with Crippen LogP contribution < -0.4 is 4.90 Å². The van der Waals surface area contributed by atoms with Crippen molar-refractivity contribution in [1.29, 1.82) is 0 Å². The van der Waals surface area contributed by atoms with Gasteiger partial charge in [-0.15, -0.1) is 0 Å². The molecule has 0 bridgehead atoms. The van der Waals surface area contributed by atoms with Gasteiger partial charge in [-0.3, -0.25) is 4.98 Å². The first kappa shape index (κ1) is 14.2. The molecule has 1 aliphatic heterocycles. The van der Waals surface area contributed by atoms with Gasteiger partial charge in [-0.2, -0.15) is 0 Å². The molecule has 5 nitrogen and oxygen atoms in total. The van der Waals surface area contributed by atoms with Crippen LogP contribution in [0.25, 0.3) is 0 Å². The maximum absolute atomic E-state index is 10.7. The zero-order valence-corrected chi connectivity index (χ0v) is 12.3. The lowest BCUT2D eigenvalue weighted by Gasteiger charge is -2.41. The fourth-order valence-corrected chi connectivity index (χ4v) is 2.84. The summed E-state index contributed by atoms with van der Waals surface area (Å²) in [6.07, 6.45) is 3.62. The van der Waals surface area contributed by atoms with Crippen LogP contribution in [0.5, 0.6) is 0 Å². The van der Waals surface area contributed by atoms with Crippen molar-refractivity contribution in [3.05, 3.63) is 17.6 Å². The Bertz CT molecular complexity index is 449. The van der Waals surface area contributed by atoms with E-state index in [4.69, 9.17) is 0 Å². The summed E-state index contributed by atoms with van der Waals surface area (Å²) in [5, 5.41) is 10.7. The minimum Gasteiger partial charge on any atom is -0.387 e. The van der Waals surface area contributed by atoms with Crippen molar-refractivity contribution >= 4 is 5.82 Å². The Morgan fingerprint density at radius 3 is 2.84 bits per heavy atom. The first-order chi connectivity index (χ1) is 8.89.